The Labute approximate surface area is 133 Å². The van der Waals surface area contributed by atoms with E-state index in [0.717, 1.165) is 27.2 Å². The average Bonchev–Trinajstić information content (AvgIpc) is 2.52. The maximum absolute atomic E-state index is 5.90. The van der Waals surface area contributed by atoms with E-state index < -0.39 is 0 Å². The molecule has 0 saturated heterocycles. The van der Waals surface area contributed by atoms with Gasteiger partial charge in [-0.1, -0.05) is 12.1 Å². The van der Waals surface area contributed by atoms with Gasteiger partial charge in [0.05, 0.1) is 24.7 Å². The molecule has 0 aliphatic rings. The normalized spacial score (nSPS) is 11.8. The number of benzene rings is 2. The monoisotopic (exact) mass is 350 g/mol. The lowest BCUT2D eigenvalue weighted by Crippen LogP contribution is -2.20. The maximum Gasteiger partial charge on any atom is 0.133 e. The molecular formula is C16H19BrN2O2. The summed E-state index contributed by atoms with van der Waals surface area (Å²) in [7, 11) is 3.30. The zero-order chi connectivity index (χ0) is 15.2. The average molecular weight is 351 g/mol. The van der Waals surface area contributed by atoms with Gasteiger partial charge in [-0.25, -0.2) is 0 Å². The third-order valence-corrected chi connectivity index (χ3v) is 3.84. The van der Waals surface area contributed by atoms with Crippen molar-refractivity contribution >= 4 is 21.6 Å². The fourth-order valence-corrected chi connectivity index (χ4v) is 2.65. The van der Waals surface area contributed by atoms with Crippen LogP contribution in [0.1, 0.15) is 11.6 Å². The fraction of sp³-hybridized carbons (Fsp3) is 0.250. The summed E-state index contributed by atoms with van der Waals surface area (Å²) in [6.07, 6.45) is 0. The van der Waals surface area contributed by atoms with Crippen LogP contribution in [-0.4, -0.2) is 20.8 Å². The molecule has 0 aliphatic carbocycles. The van der Waals surface area contributed by atoms with Crippen LogP contribution < -0.4 is 20.5 Å². The van der Waals surface area contributed by atoms with Gasteiger partial charge in [-0.05, 0) is 45.8 Å². The Balaban J connectivity index is 2.21. The summed E-state index contributed by atoms with van der Waals surface area (Å²) in [5, 5.41) is 3.42. The molecule has 0 radical (unpaired) electrons. The number of nitrogens with two attached hydrogens (primary N) is 1. The first-order valence-corrected chi connectivity index (χ1v) is 7.41. The Hall–Kier alpha value is -1.72. The number of methoxy groups -OCH3 is 2. The van der Waals surface area contributed by atoms with Gasteiger partial charge < -0.3 is 20.5 Å². The molecule has 21 heavy (non-hydrogen) atoms. The van der Waals surface area contributed by atoms with Crippen molar-refractivity contribution in [2.24, 2.45) is 5.73 Å². The second kappa shape index (κ2) is 7.33. The standard InChI is InChI=1S/C16H19BrN2O2/c1-20-13-5-3-4-12(9-13)19-15(10-18)11-6-7-16(21-2)14(17)8-11/h3-9,15,19H,10,18H2,1-2H3. The Morgan fingerprint density at radius 1 is 1.14 bits per heavy atom. The molecule has 5 heteroatoms. The molecule has 112 valence electrons. The second-order valence-corrected chi connectivity index (χ2v) is 5.41. The number of anilines is 1. The molecule has 0 bridgehead atoms. The third kappa shape index (κ3) is 3.89. The number of halogens is 1. The predicted octanol–water partition coefficient (Wildman–Crippen LogP) is 3.58. The molecule has 0 aromatic heterocycles. The molecule has 1 atom stereocenters. The molecule has 2 aromatic rings. The van der Waals surface area contributed by atoms with Crippen LogP contribution >= 0.6 is 15.9 Å². The molecule has 0 heterocycles. The largest absolute Gasteiger partial charge is 0.497 e. The minimum Gasteiger partial charge on any atom is -0.497 e. The highest BCUT2D eigenvalue weighted by molar-refractivity contribution is 9.10. The minimum absolute atomic E-state index is 0.0133. The SMILES string of the molecule is COc1cccc(NC(CN)c2ccc(OC)c(Br)c2)c1. The van der Waals surface area contributed by atoms with Crippen LogP contribution in [0.15, 0.2) is 46.9 Å². The molecule has 0 fully saturated rings. The Bertz CT molecular complexity index is 605. The highest BCUT2D eigenvalue weighted by Gasteiger charge is 2.12. The van der Waals surface area contributed by atoms with Crippen molar-refractivity contribution in [3.63, 3.8) is 0 Å². The van der Waals surface area contributed by atoms with Crippen LogP contribution in [0.3, 0.4) is 0 Å². The van der Waals surface area contributed by atoms with Crippen molar-refractivity contribution in [3.8, 4) is 11.5 Å². The lowest BCUT2D eigenvalue weighted by molar-refractivity contribution is 0.412. The van der Waals surface area contributed by atoms with Gasteiger partial charge in [-0.3, -0.25) is 0 Å². The first kappa shape index (κ1) is 15.7. The molecule has 3 N–H and O–H groups in total. The molecular weight excluding hydrogens is 332 g/mol. The first-order chi connectivity index (χ1) is 10.2. The topological polar surface area (TPSA) is 56.5 Å². The zero-order valence-electron chi connectivity index (χ0n) is 12.1. The van der Waals surface area contributed by atoms with Crippen molar-refractivity contribution in [2.45, 2.75) is 6.04 Å². The molecule has 0 amide bonds. The second-order valence-electron chi connectivity index (χ2n) is 4.56. The molecule has 0 spiro atoms. The van der Waals surface area contributed by atoms with E-state index in [9.17, 15) is 0 Å². The summed E-state index contributed by atoms with van der Waals surface area (Å²) in [4.78, 5) is 0. The van der Waals surface area contributed by atoms with E-state index >= 15 is 0 Å². The Morgan fingerprint density at radius 3 is 2.57 bits per heavy atom. The minimum atomic E-state index is 0.0133. The zero-order valence-corrected chi connectivity index (χ0v) is 13.7. The molecule has 0 saturated carbocycles. The van der Waals surface area contributed by atoms with E-state index in [2.05, 4.69) is 21.2 Å². The summed E-state index contributed by atoms with van der Waals surface area (Å²) in [6.45, 7) is 0.482. The number of rotatable bonds is 6. The van der Waals surface area contributed by atoms with E-state index in [1.807, 2.05) is 42.5 Å². The third-order valence-electron chi connectivity index (χ3n) is 3.22. The summed E-state index contributed by atoms with van der Waals surface area (Å²) in [5.41, 5.74) is 7.96. The quantitative estimate of drug-likeness (QED) is 0.835. The molecule has 0 aliphatic heterocycles. The predicted molar refractivity (Wildman–Crippen MR) is 89.1 cm³/mol. The van der Waals surface area contributed by atoms with Gasteiger partial charge in [-0.15, -0.1) is 0 Å². The smallest absolute Gasteiger partial charge is 0.133 e. The van der Waals surface area contributed by atoms with Crippen molar-refractivity contribution in [1.29, 1.82) is 0 Å². The van der Waals surface area contributed by atoms with Crippen LogP contribution in [0, 0.1) is 0 Å². The van der Waals surface area contributed by atoms with Crippen LogP contribution in [0.2, 0.25) is 0 Å². The van der Waals surface area contributed by atoms with Gasteiger partial charge in [0.15, 0.2) is 0 Å². The van der Waals surface area contributed by atoms with E-state index in [0.29, 0.717) is 6.54 Å². The molecule has 4 nitrogen and oxygen atoms in total. The van der Waals surface area contributed by atoms with E-state index in [1.54, 1.807) is 14.2 Å². The molecule has 2 aromatic carbocycles. The van der Waals surface area contributed by atoms with E-state index in [-0.39, 0.29) is 6.04 Å². The lowest BCUT2D eigenvalue weighted by atomic mass is 10.1. The van der Waals surface area contributed by atoms with Crippen molar-refractivity contribution in [2.75, 3.05) is 26.1 Å². The number of ether oxygens (including phenoxy) is 2. The Morgan fingerprint density at radius 2 is 1.95 bits per heavy atom. The van der Waals surface area contributed by atoms with Crippen molar-refractivity contribution < 1.29 is 9.47 Å². The summed E-state index contributed by atoms with van der Waals surface area (Å²) < 4.78 is 11.4. The highest BCUT2D eigenvalue weighted by Crippen LogP contribution is 2.29. The molecule has 1 unspecified atom stereocenters. The van der Waals surface area contributed by atoms with Gasteiger partial charge >= 0.3 is 0 Å². The highest BCUT2D eigenvalue weighted by atomic mass is 79.9. The van der Waals surface area contributed by atoms with Crippen LogP contribution in [0.4, 0.5) is 5.69 Å². The number of hydrogen-bond acceptors (Lipinski definition) is 4. The first-order valence-electron chi connectivity index (χ1n) is 6.62. The number of hydrogen-bond donors (Lipinski definition) is 2. The lowest BCUT2D eigenvalue weighted by Gasteiger charge is -2.20. The molecule has 2 rings (SSSR count). The van der Waals surface area contributed by atoms with Crippen molar-refractivity contribution in [3.05, 3.63) is 52.5 Å². The Kier molecular flexibility index (Phi) is 5.47. The summed E-state index contributed by atoms with van der Waals surface area (Å²) in [6, 6.07) is 13.8. The van der Waals surface area contributed by atoms with E-state index in [1.165, 1.54) is 0 Å². The number of nitrogens with one attached hydrogen (secondary N) is 1. The van der Waals surface area contributed by atoms with Crippen LogP contribution in [-0.2, 0) is 0 Å². The summed E-state index contributed by atoms with van der Waals surface area (Å²) >= 11 is 3.50. The van der Waals surface area contributed by atoms with Gasteiger partial charge in [0.1, 0.15) is 11.5 Å². The van der Waals surface area contributed by atoms with Crippen LogP contribution in [0.25, 0.3) is 0 Å². The maximum atomic E-state index is 5.90. The van der Waals surface area contributed by atoms with Gasteiger partial charge in [0.25, 0.3) is 0 Å². The fourth-order valence-electron chi connectivity index (χ4n) is 2.09. The summed E-state index contributed by atoms with van der Waals surface area (Å²) in [5.74, 6) is 1.61. The van der Waals surface area contributed by atoms with Crippen molar-refractivity contribution in [1.82, 2.24) is 0 Å². The van der Waals surface area contributed by atoms with Crippen LogP contribution in [0.5, 0.6) is 11.5 Å². The van der Waals surface area contributed by atoms with Gasteiger partial charge in [0.2, 0.25) is 0 Å². The van der Waals surface area contributed by atoms with Gasteiger partial charge in [-0.2, -0.15) is 0 Å². The van der Waals surface area contributed by atoms with Gasteiger partial charge in [0, 0.05) is 18.3 Å². The van der Waals surface area contributed by atoms with E-state index in [4.69, 9.17) is 15.2 Å².